The lowest BCUT2D eigenvalue weighted by Crippen LogP contribution is -2.39. The zero-order chi connectivity index (χ0) is 9.07. The maximum Gasteiger partial charge on any atom is 0.239 e. The Kier molecular flexibility index (Phi) is 3.89. The van der Waals surface area contributed by atoms with Crippen molar-refractivity contribution in [2.24, 2.45) is 11.1 Å². The Labute approximate surface area is 65.4 Å². The molecule has 0 aromatic heterocycles. The van der Waals surface area contributed by atoms with Crippen LogP contribution in [0.25, 0.3) is 0 Å². The summed E-state index contributed by atoms with van der Waals surface area (Å²) < 4.78 is 23.8. The summed E-state index contributed by atoms with van der Waals surface area (Å²) in [6.07, 6.45) is -3.54. The normalized spacial score (nSPS) is 19.9. The van der Waals surface area contributed by atoms with Crippen LogP contribution < -0.4 is 5.73 Å². The molecular weight excluding hydrogens is 152 g/mol. The maximum absolute atomic E-state index is 11.9. The fourth-order valence-corrected chi connectivity index (χ4v) is 0.777. The summed E-state index contributed by atoms with van der Waals surface area (Å²) in [6.45, 7) is 3.12. The highest BCUT2D eigenvalue weighted by Crippen LogP contribution is 2.27. The second kappa shape index (κ2) is 3.97. The van der Waals surface area contributed by atoms with Gasteiger partial charge in [0.05, 0.1) is 6.10 Å². The van der Waals surface area contributed by atoms with E-state index in [4.69, 9.17) is 10.8 Å². The van der Waals surface area contributed by atoms with Gasteiger partial charge >= 0.3 is 0 Å². The van der Waals surface area contributed by atoms with Crippen LogP contribution in [-0.4, -0.2) is 24.2 Å². The van der Waals surface area contributed by atoms with Gasteiger partial charge in [-0.05, 0) is 6.92 Å². The third-order valence-corrected chi connectivity index (χ3v) is 2.10. The van der Waals surface area contributed by atoms with Gasteiger partial charge in [-0.15, -0.1) is 0 Å². The van der Waals surface area contributed by atoms with Crippen molar-refractivity contribution in [1.29, 1.82) is 0 Å². The Balaban J connectivity index is 4.10. The van der Waals surface area contributed by atoms with Crippen molar-refractivity contribution < 1.29 is 13.9 Å². The van der Waals surface area contributed by atoms with Crippen LogP contribution in [0.1, 0.15) is 20.3 Å². The molecule has 0 spiro atoms. The minimum atomic E-state index is -2.40. The zero-order valence-electron chi connectivity index (χ0n) is 6.85. The molecule has 11 heavy (non-hydrogen) atoms. The molecule has 0 aliphatic rings. The molecule has 2 atom stereocenters. The molecule has 0 rings (SSSR count). The Hall–Kier alpha value is -0.220. The van der Waals surface area contributed by atoms with Crippen LogP contribution in [0.15, 0.2) is 0 Å². The van der Waals surface area contributed by atoms with E-state index in [0.717, 1.165) is 0 Å². The molecule has 0 bridgehead atoms. The highest BCUT2D eigenvalue weighted by atomic mass is 19.3. The summed E-state index contributed by atoms with van der Waals surface area (Å²) >= 11 is 0. The Morgan fingerprint density at radius 1 is 1.55 bits per heavy atom. The van der Waals surface area contributed by atoms with Crippen molar-refractivity contribution in [3.8, 4) is 0 Å². The second-order valence-corrected chi connectivity index (χ2v) is 3.13. The summed E-state index contributed by atoms with van der Waals surface area (Å²) in [5.74, 6) is 0. The highest BCUT2D eigenvalue weighted by molar-refractivity contribution is 4.81. The summed E-state index contributed by atoms with van der Waals surface area (Å²) in [5, 5.41) is 9.11. The average molecular weight is 167 g/mol. The van der Waals surface area contributed by atoms with Crippen LogP contribution >= 0.6 is 0 Å². The number of rotatable bonds is 4. The van der Waals surface area contributed by atoms with Gasteiger partial charge < -0.3 is 10.8 Å². The van der Waals surface area contributed by atoms with E-state index in [0.29, 0.717) is 0 Å². The molecule has 3 N–H and O–H groups in total. The third kappa shape index (κ3) is 3.12. The van der Waals surface area contributed by atoms with Crippen LogP contribution in [0.3, 0.4) is 0 Å². The topological polar surface area (TPSA) is 46.2 Å². The average Bonchev–Trinajstić information content (AvgIpc) is 1.86. The standard InChI is InChI=1S/C7H15F2NO/c1-5(11)7(2,4-10)3-6(8)9/h5-6,11H,3-4,10H2,1-2H3. The van der Waals surface area contributed by atoms with Crippen molar-refractivity contribution in [3.05, 3.63) is 0 Å². The Morgan fingerprint density at radius 3 is 2.09 bits per heavy atom. The molecule has 0 heterocycles. The van der Waals surface area contributed by atoms with Gasteiger partial charge in [-0.1, -0.05) is 6.92 Å². The SMILES string of the molecule is CC(O)C(C)(CN)CC(F)F. The highest BCUT2D eigenvalue weighted by Gasteiger charge is 2.31. The van der Waals surface area contributed by atoms with Gasteiger partial charge in [-0.2, -0.15) is 0 Å². The summed E-state index contributed by atoms with van der Waals surface area (Å²) in [4.78, 5) is 0. The Morgan fingerprint density at radius 2 is 2.00 bits per heavy atom. The molecular formula is C7H15F2NO. The van der Waals surface area contributed by atoms with E-state index >= 15 is 0 Å². The largest absolute Gasteiger partial charge is 0.393 e. The lowest BCUT2D eigenvalue weighted by Gasteiger charge is -2.30. The first-order chi connectivity index (χ1) is 4.92. The summed E-state index contributed by atoms with van der Waals surface area (Å²) in [7, 11) is 0. The predicted molar refractivity (Wildman–Crippen MR) is 39.5 cm³/mol. The molecule has 2 unspecified atom stereocenters. The molecule has 0 fully saturated rings. The van der Waals surface area contributed by atoms with Gasteiger partial charge in [0.1, 0.15) is 0 Å². The van der Waals surface area contributed by atoms with Gasteiger partial charge in [0, 0.05) is 18.4 Å². The smallest absolute Gasteiger partial charge is 0.239 e. The van der Waals surface area contributed by atoms with Crippen molar-refractivity contribution in [2.75, 3.05) is 6.54 Å². The number of halogens is 2. The molecule has 0 saturated carbocycles. The van der Waals surface area contributed by atoms with Crippen molar-refractivity contribution in [2.45, 2.75) is 32.8 Å². The number of aliphatic hydroxyl groups is 1. The van der Waals surface area contributed by atoms with Gasteiger partial charge in [-0.25, -0.2) is 8.78 Å². The molecule has 0 amide bonds. The van der Waals surface area contributed by atoms with Crippen molar-refractivity contribution in [3.63, 3.8) is 0 Å². The van der Waals surface area contributed by atoms with E-state index in [2.05, 4.69) is 0 Å². The first kappa shape index (κ1) is 10.8. The van der Waals surface area contributed by atoms with Gasteiger partial charge in [0.15, 0.2) is 0 Å². The van der Waals surface area contributed by atoms with Gasteiger partial charge in [0.2, 0.25) is 6.43 Å². The predicted octanol–water partition coefficient (Wildman–Crippen LogP) is 0.987. The minimum Gasteiger partial charge on any atom is -0.393 e. The summed E-state index contributed by atoms with van der Waals surface area (Å²) in [5.41, 5.74) is 4.41. The zero-order valence-corrected chi connectivity index (χ0v) is 6.85. The van der Waals surface area contributed by atoms with E-state index in [1.54, 1.807) is 6.92 Å². The number of nitrogens with two attached hydrogens (primary N) is 1. The molecule has 0 aromatic rings. The van der Waals surface area contributed by atoms with Gasteiger partial charge in [0.25, 0.3) is 0 Å². The Bertz CT molecular complexity index is 119. The maximum atomic E-state index is 11.9. The number of alkyl halides is 2. The van der Waals surface area contributed by atoms with Crippen LogP contribution in [0, 0.1) is 5.41 Å². The van der Waals surface area contributed by atoms with Crippen molar-refractivity contribution in [1.82, 2.24) is 0 Å². The monoisotopic (exact) mass is 167 g/mol. The van der Waals surface area contributed by atoms with E-state index in [-0.39, 0.29) is 13.0 Å². The number of hydrogen-bond acceptors (Lipinski definition) is 2. The first-order valence-electron chi connectivity index (χ1n) is 3.58. The second-order valence-electron chi connectivity index (χ2n) is 3.13. The molecule has 0 radical (unpaired) electrons. The molecule has 0 aromatic carbocycles. The van der Waals surface area contributed by atoms with E-state index in [1.165, 1.54) is 6.92 Å². The third-order valence-electron chi connectivity index (χ3n) is 2.10. The van der Waals surface area contributed by atoms with Crippen LogP contribution in [-0.2, 0) is 0 Å². The van der Waals surface area contributed by atoms with Crippen LogP contribution in [0.2, 0.25) is 0 Å². The number of hydrogen-bond donors (Lipinski definition) is 2. The van der Waals surface area contributed by atoms with E-state index in [1.807, 2.05) is 0 Å². The van der Waals surface area contributed by atoms with Crippen LogP contribution in [0.5, 0.6) is 0 Å². The lowest BCUT2D eigenvalue weighted by molar-refractivity contribution is 0.00157. The van der Waals surface area contributed by atoms with E-state index < -0.39 is 17.9 Å². The van der Waals surface area contributed by atoms with Crippen molar-refractivity contribution >= 4 is 0 Å². The van der Waals surface area contributed by atoms with Gasteiger partial charge in [-0.3, -0.25) is 0 Å². The van der Waals surface area contributed by atoms with E-state index in [9.17, 15) is 8.78 Å². The molecule has 4 heteroatoms. The summed E-state index contributed by atoms with van der Waals surface area (Å²) in [6, 6.07) is 0. The lowest BCUT2D eigenvalue weighted by atomic mass is 9.82. The fourth-order valence-electron chi connectivity index (χ4n) is 0.777. The first-order valence-corrected chi connectivity index (χ1v) is 3.58. The fraction of sp³-hybridized carbons (Fsp3) is 1.00. The molecule has 0 saturated heterocycles. The minimum absolute atomic E-state index is 0.0784. The number of aliphatic hydroxyl groups excluding tert-OH is 1. The quantitative estimate of drug-likeness (QED) is 0.655. The molecule has 0 aliphatic heterocycles. The molecule has 0 aliphatic carbocycles. The van der Waals surface area contributed by atoms with Crippen LogP contribution in [0.4, 0.5) is 8.78 Å². The molecule has 68 valence electrons. The molecule has 2 nitrogen and oxygen atoms in total.